The van der Waals surface area contributed by atoms with E-state index in [0.29, 0.717) is 42.9 Å². The summed E-state index contributed by atoms with van der Waals surface area (Å²) in [6.07, 6.45) is 9.22. The minimum absolute atomic E-state index is 0.0443. The van der Waals surface area contributed by atoms with Crippen molar-refractivity contribution in [1.29, 1.82) is 0 Å². The third kappa shape index (κ3) is 9.95. The second-order valence-corrected chi connectivity index (χ2v) is 12.0. The summed E-state index contributed by atoms with van der Waals surface area (Å²) in [5, 5.41) is 22.1. The van der Waals surface area contributed by atoms with Crippen LogP contribution in [0.5, 0.6) is 23.0 Å². The molecule has 0 spiro atoms. The molecular weight excluding hydrogens is 600 g/mol. The molecular formula is C38H48O9. The SMILES string of the molecule is CCCCCCCc1cc(OC(=O)c2c(O)cc(OC)cc2CC2(CCCCC)OCCO2)cc(O)c1C(=O)OCc1ccccc1. The Bertz CT molecular complexity index is 1460. The van der Waals surface area contributed by atoms with Crippen molar-refractivity contribution in [2.24, 2.45) is 0 Å². The molecule has 4 rings (SSSR count). The molecule has 1 heterocycles. The number of methoxy groups -OCH3 is 1. The number of hydrogen-bond acceptors (Lipinski definition) is 9. The predicted octanol–water partition coefficient (Wildman–Crippen LogP) is 8.06. The zero-order valence-corrected chi connectivity index (χ0v) is 27.8. The van der Waals surface area contributed by atoms with Gasteiger partial charge in [0.25, 0.3) is 0 Å². The molecule has 0 aliphatic carbocycles. The van der Waals surface area contributed by atoms with E-state index in [2.05, 4.69) is 13.8 Å². The van der Waals surface area contributed by atoms with Gasteiger partial charge in [0.1, 0.15) is 40.7 Å². The molecule has 0 amide bonds. The van der Waals surface area contributed by atoms with Crippen LogP contribution in [0, 0.1) is 0 Å². The van der Waals surface area contributed by atoms with Crippen molar-refractivity contribution in [3.8, 4) is 23.0 Å². The Kier molecular flexibility index (Phi) is 13.5. The molecule has 3 aromatic rings. The van der Waals surface area contributed by atoms with Gasteiger partial charge in [0.2, 0.25) is 0 Å². The maximum Gasteiger partial charge on any atom is 0.347 e. The highest BCUT2D eigenvalue weighted by Crippen LogP contribution is 2.37. The third-order valence-electron chi connectivity index (χ3n) is 8.40. The fraction of sp³-hybridized carbons (Fsp3) is 0.474. The van der Waals surface area contributed by atoms with E-state index in [4.69, 9.17) is 23.7 Å². The molecule has 9 nitrogen and oxygen atoms in total. The number of aromatic hydroxyl groups is 2. The highest BCUT2D eigenvalue weighted by atomic mass is 16.7. The van der Waals surface area contributed by atoms with Gasteiger partial charge in [-0.2, -0.15) is 0 Å². The second kappa shape index (κ2) is 17.7. The topological polar surface area (TPSA) is 121 Å². The van der Waals surface area contributed by atoms with Gasteiger partial charge in [0.05, 0.1) is 20.3 Å². The Morgan fingerprint density at radius 3 is 2.06 bits per heavy atom. The van der Waals surface area contributed by atoms with Crippen LogP contribution in [0.1, 0.15) is 109 Å². The van der Waals surface area contributed by atoms with Crippen molar-refractivity contribution in [3.05, 3.63) is 82.4 Å². The smallest absolute Gasteiger partial charge is 0.347 e. The highest BCUT2D eigenvalue weighted by molar-refractivity contribution is 5.97. The van der Waals surface area contributed by atoms with E-state index < -0.39 is 17.7 Å². The van der Waals surface area contributed by atoms with Gasteiger partial charge in [0, 0.05) is 25.0 Å². The van der Waals surface area contributed by atoms with Crippen LogP contribution >= 0.6 is 0 Å². The number of aryl methyl sites for hydroxylation is 1. The standard InChI is InChI=1S/C38H48O9/c1-4-6-8-9-13-17-28-21-31(24-33(40)34(28)36(41)44-26-27-15-11-10-12-16-27)47-37(42)35-29(22-30(43-3)23-32(35)39)25-38(18-14-7-5-2)45-19-20-46-38/h10-12,15-16,21-24,39-40H,4-9,13-14,17-20,25-26H2,1-3H3. The lowest BCUT2D eigenvalue weighted by Crippen LogP contribution is -2.33. The fourth-order valence-corrected chi connectivity index (χ4v) is 5.94. The van der Waals surface area contributed by atoms with E-state index in [1.807, 2.05) is 30.3 Å². The van der Waals surface area contributed by atoms with Gasteiger partial charge in [-0.25, -0.2) is 9.59 Å². The van der Waals surface area contributed by atoms with Crippen LogP contribution in [0.3, 0.4) is 0 Å². The molecule has 1 aliphatic rings. The molecule has 0 aromatic heterocycles. The number of esters is 2. The zero-order chi connectivity index (χ0) is 33.6. The summed E-state index contributed by atoms with van der Waals surface area (Å²) < 4.78 is 28.9. The summed E-state index contributed by atoms with van der Waals surface area (Å²) in [5.41, 5.74) is 1.79. The molecule has 2 N–H and O–H groups in total. The van der Waals surface area contributed by atoms with Gasteiger partial charge >= 0.3 is 11.9 Å². The quantitative estimate of drug-likeness (QED) is 0.0801. The first-order valence-electron chi connectivity index (χ1n) is 16.8. The van der Waals surface area contributed by atoms with Gasteiger partial charge in [-0.15, -0.1) is 0 Å². The number of rotatable bonds is 18. The third-order valence-corrected chi connectivity index (χ3v) is 8.40. The lowest BCUT2D eigenvalue weighted by atomic mass is 9.94. The number of phenols is 2. The maximum atomic E-state index is 13.7. The molecule has 9 heteroatoms. The van der Waals surface area contributed by atoms with E-state index in [1.165, 1.54) is 19.2 Å². The van der Waals surface area contributed by atoms with Crippen LogP contribution in [0.15, 0.2) is 54.6 Å². The van der Waals surface area contributed by atoms with E-state index in [9.17, 15) is 19.8 Å². The van der Waals surface area contributed by atoms with Crippen molar-refractivity contribution in [3.63, 3.8) is 0 Å². The Hall–Kier alpha value is -4.08. The van der Waals surface area contributed by atoms with Crippen LogP contribution in [-0.2, 0) is 33.7 Å². The average molecular weight is 649 g/mol. The van der Waals surface area contributed by atoms with Gasteiger partial charge in [-0.1, -0.05) is 82.7 Å². The number of benzene rings is 3. The van der Waals surface area contributed by atoms with Crippen LogP contribution < -0.4 is 9.47 Å². The summed E-state index contributed by atoms with van der Waals surface area (Å²) >= 11 is 0. The minimum atomic E-state index is -0.937. The first kappa shape index (κ1) is 35.8. The lowest BCUT2D eigenvalue weighted by molar-refractivity contribution is -0.161. The van der Waals surface area contributed by atoms with Crippen molar-refractivity contribution in [2.75, 3.05) is 20.3 Å². The first-order valence-corrected chi connectivity index (χ1v) is 16.8. The van der Waals surface area contributed by atoms with Crippen LogP contribution in [0.2, 0.25) is 0 Å². The Morgan fingerprint density at radius 1 is 0.766 bits per heavy atom. The van der Waals surface area contributed by atoms with Crippen molar-refractivity contribution < 1.29 is 43.5 Å². The molecule has 1 fully saturated rings. The monoisotopic (exact) mass is 648 g/mol. The van der Waals surface area contributed by atoms with E-state index >= 15 is 0 Å². The van der Waals surface area contributed by atoms with Crippen molar-refractivity contribution in [1.82, 2.24) is 0 Å². The fourth-order valence-electron chi connectivity index (χ4n) is 5.94. The molecule has 0 radical (unpaired) electrons. The van der Waals surface area contributed by atoms with Crippen LogP contribution in [0.25, 0.3) is 0 Å². The van der Waals surface area contributed by atoms with Gasteiger partial charge in [-0.3, -0.25) is 0 Å². The minimum Gasteiger partial charge on any atom is -0.507 e. The van der Waals surface area contributed by atoms with Crippen molar-refractivity contribution in [2.45, 2.75) is 96.9 Å². The average Bonchev–Trinajstić information content (AvgIpc) is 3.51. The number of carbonyl (C=O) groups is 2. The zero-order valence-electron chi connectivity index (χ0n) is 27.8. The van der Waals surface area contributed by atoms with Crippen LogP contribution in [-0.4, -0.2) is 48.3 Å². The molecule has 3 aromatic carbocycles. The van der Waals surface area contributed by atoms with Gasteiger partial charge in [-0.05, 0) is 48.1 Å². The van der Waals surface area contributed by atoms with Crippen molar-refractivity contribution >= 4 is 11.9 Å². The molecule has 0 saturated carbocycles. The molecule has 47 heavy (non-hydrogen) atoms. The van der Waals surface area contributed by atoms with E-state index in [0.717, 1.165) is 56.9 Å². The van der Waals surface area contributed by atoms with Gasteiger partial charge < -0.3 is 33.9 Å². The number of hydrogen-bond donors (Lipinski definition) is 2. The summed E-state index contributed by atoms with van der Waals surface area (Å²) in [4.78, 5) is 27.0. The summed E-state index contributed by atoms with van der Waals surface area (Å²) in [7, 11) is 1.48. The van der Waals surface area contributed by atoms with E-state index in [-0.39, 0.29) is 41.4 Å². The van der Waals surface area contributed by atoms with E-state index in [1.54, 1.807) is 12.1 Å². The Balaban J connectivity index is 1.61. The highest BCUT2D eigenvalue weighted by Gasteiger charge is 2.38. The number of phenolic OH excluding ortho intramolecular Hbond substituents is 2. The molecule has 1 saturated heterocycles. The summed E-state index contributed by atoms with van der Waals surface area (Å²) in [6.45, 7) is 5.18. The molecule has 0 unspecified atom stereocenters. The Morgan fingerprint density at radius 2 is 1.38 bits per heavy atom. The number of ether oxygens (including phenoxy) is 5. The molecule has 0 atom stereocenters. The summed E-state index contributed by atoms with van der Waals surface area (Å²) in [5.74, 6) is -2.66. The Labute approximate surface area is 277 Å². The number of unbranched alkanes of at least 4 members (excludes halogenated alkanes) is 6. The molecule has 254 valence electrons. The first-order chi connectivity index (χ1) is 22.8. The lowest BCUT2D eigenvalue weighted by Gasteiger charge is -2.28. The number of carbonyl (C=O) groups excluding carboxylic acids is 2. The summed E-state index contributed by atoms with van der Waals surface area (Å²) in [6, 6.07) is 15.1. The molecule has 0 bridgehead atoms. The second-order valence-electron chi connectivity index (χ2n) is 12.0. The normalized spacial score (nSPS) is 13.8. The predicted molar refractivity (Wildman–Crippen MR) is 178 cm³/mol. The maximum absolute atomic E-state index is 13.7. The molecule has 1 aliphatic heterocycles. The van der Waals surface area contributed by atoms with Gasteiger partial charge in [0.15, 0.2) is 5.79 Å². The van der Waals surface area contributed by atoms with Crippen LogP contribution in [0.4, 0.5) is 0 Å². The largest absolute Gasteiger partial charge is 0.507 e.